The molecule has 0 amide bonds. The van der Waals surface area contributed by atoms with Gasteiger partial charge < -0.3 is 13.7 Å². The molecule has 140 valence electrons. The van der Waals surface area contributed by atoms with E-state index in [2.05, 4.69) is 21.2 Å². The molecule has 0 aliphatic carbocycles. The van der Waals surface area contributed by atoms with E-state index in [9.17, 15) is 4.79 Å². The summed E-state index contributed by atoms with van der Waals surface area (Å²) in [5, 5.41) is 5.43. The smallest absolute Gasteiger partial charge is 0.373 e. The van der Waals surface area contributed by atoms with Gasteiger partial charge in [0.25, 0.3) is 0 Å². The average Bonchev–Trinajstić information content (AvgIpc) is 3.34. The molecule has 2 aromatic carbocycles. The minimum atomic E-state index is -0.483. The minimum absolute atomic E-state index is 0.197. The number of aromatic nitrogens is 1. The number of hydrogen-bond donors (Lipinski definition) is 1. The lowest BCUT2D eigenvalue weighted by Crippen LogP contribution is -1.99. The molecular formula is C22H19N3O3. The predicted octanol–water partition coefficient (Wildman–Crippen LogP) is 4.52. The summed E-state index contributed by atoms with van der Waals surface area (Å²) < 4.78 is 12.4. The number of anilines is 1. The van der Waals surface area contributed by atoms with Crippen LogP contribution in [0.1, 0.15) is 21.9 Å². The van der Waals surface area contributed by atoms with E-state index < -0.39 is 5.97 Å². The van der Waals surface area contributed by atoms with Gasteiger partial charge in [-0.25, -0.2) is 4.79 Å². The first-order valence-corrected chi connectivity index (χ1v) is 8.83. The molecule has 28 heavy (non-hydrogen) atoms. The highest BCUT2D eigenvalue weighted by Crippen LogP contribution is 2.22. The molecule has 0 radical (unpaired) electrons. The predicted molar refractivity (Wildman–Crippen MR) is 109 cm³/mol. The van der Waals surface area contributed by atoms with Gasteiger partial charge in [0.1, 0.15) is 5.76 Å². The highest BCUT2D eigenvalue weighted by atomic mass is 16.5. The second-order valence-corrected chi connectivity index (χ2v) is 6.22. The number of para-hydroxylation sites is 2. The molecule has 4 rings (SSSR count). The maximum Gasteiger partial charge on any atom is 0.373 e. The van der Waals surface area contributed by atoms with E-state index in [0.717, 1.165) is 22.2 Å². The first-order chi connectivity index (χ1) is 13.7. The second-order valence-electron chi connectivity index (χ2n) is 6.22. The molecule has 0 unspecified atom stereocenters. The maximum absolute atomic E-state index is 11.6. The number of carbonyl (C=O) groups is 1. The van der Waals surface area contributed by atoms with E-state index in [1.54, 1.807) is 18.3 Å². The molecule has 0 aliphatic rings. The maximum atomic E-state index is 11.6. The van der Waals surface area contributed by atoms with Crippen LogP contribution in [0.15, 0.2) is 82.4 Å². The quantitative estimate of drug-likeness (QED) is 0.307. The van der Waals surface area contributed by atoms with Gasteiger partial charge in [-0.15, -0.1) is 0 Å². The van der Waals surface area contributed by atoms with Crippen LogP contribution < -0.4 is 5.43 Å². The van der Waals surface area contributed by atoms with Crippen molar-refractivity contribution in [2.45, 2.75) is 6.54 Å². The number of hydrogen-bond acceptors (Lipinski definition) is 5. The van der Waals surface area contributed by atoms with E-state index in [-0.39, 0.29) is 5.76 Å². The summed E-state index contributed by atoms with van der Waals surface area (Å²) in [6.45, 7) is 0.497. The van der Waals surface area contributed by atoms with Crippen LogP contribution in [0.5, 0.6) is 0 Å². The fraction of sp³-hybridized carbons (Fsp3) is 0.0909. The summed E-state index contributed by atoms with van der Waals surface area (Å²) in [5.41, 5.74) is 5.99. The lowest BCUT2D eigenvalue weighted by Gasteiger charge is -2.02. The normalized spacial score (nSPS) is 11.2. The summed E-state index contributed by atoms with van der Waals surface area (Å²) in [7, 11) is 1.33. The van der Waals surface area contributed by atoms with Crippen molar-refractivity contribution in [3.63, 3.8) is 0 Å². The van der Waals surface area contributed by atoms with Crippen LogP contribution in [0.3, 0.4) is 0 Å². The van der Waals surface area contributed by atoms with Gasteiger partial charge in [0.15, 0.2) is 0 Å². The number of methoxy groups -OCH3 is 1. The first kappa shape index (κ1) is 17.6. The Balaban J connectivity index is 1.59. The molecule has 1 N–H and O–H groups in total. The molecule has 6 heteroatoms. The SMILES string of the molecule is COC(=O)c1ccc(Cn2cc(/C=N\Nc3ccccc3)c3ccccc32)o1. The second kappa shape index (κ2) is 7.84. The van der Waals surface area contributed by atoms with Crippen molar-refractivity contribution in [3.8, 4) is 0 Å². The lowest BCUT2D eigenvalue weighted by molar-refractivity contribution is 0.0563. The fourth-order valence-corrected chi connectivity index (χ4v) is 3.04. The van der Waals surface area contributed by atoms with Crippen molar-refractivity contribution >= 4 is 28.8 Å². The van der Waals surface area contributed by atoms with Crippen LogP contribution in [-0.4, -0.2) is 23.9 Å². The topological polar surface area (TPSA) is 68.8 Å². The van der Waals surface area contributed by atoms with E-state index in [1.807, 2.05) is 54.7 Å². The third kappa shape index (κ3) is 3.66. The number of nitrogens with zero attached hydrogens (tertiary/aromatic N) is 2. The lowest BCUT2D eigenvalue weighted by atomic mass is 10.2. The minimum Gasteiger partial charge on any atom is -0.463 e. The Morgan fingerprint density at radius 2 is 1.89 bits per heavy atom. The molecular weight excluding hydrogens is 354 g/mol. The van der Waals surface area contributed by atoms with Crippen molar-refractivity contribution in [3.05, 3.63) is 90.0 Å². The molecule has 0 saturated carbocycles. The molecule has 2 aromatic heterocycles. The standard InChI is InChI=1S/C22H19N3O3/c1-27-22(26)21-12-11-18(28-21)15-25-14-16(19-9-5-6-10-20(19)25)13-23-24-17-7-3-2-4-8-17/h2-14,24H,15H2,1H3/b23-13-. The van der Waals surface area contributed by atoms with Gasteiger partial charge in [-0.2, -0.15) is 5.10 Å². The van der Waals surface area contributed by atoms with Crippen LogP contribution in [0.2, 0.25) is 0 Å². The van der Waals surface area contributed by atoms with Crippen LogP contribution in [0, 0.1) is 0 Å². The highest BCUT2D eigenvalue weighted by molar-refractivity contribution is 5.99. The van der Waals surface area contributed by atoms with Crippen LogP contribution in [-0.2, 0) is 11.3 Å². The zero-order chi connectivity index (χ0) is 19.3. The number of furan rings is 1. The Morgan fingerprint density at radius 3 is 2.71 bits per heavy atom. The van der Waals surface area contributed by atoms with Crippen molar-refractivity contribution in [1.29, 1.82) is 0 Å². The number of rotatable bonds is 6. The Kier molecular flexibility index (Phi) is 4.93. The number of carbonyl (C=O) groups excluding carboxylic acids is 1. The van der Waals surface area contributed by atoms with Crippen LogP contribution >= 0.6 is 0 Å². The summed E-state index contributed by atoms with van der Waals surface area (Å²) >= 11 is 0. The number of nitrogens with one attached hydrogen (secondary N) is 1. The Morgan fingerprint density at radius 1 is 1.11 bits per heavy atom. The van der Waals surface area contributed by atoms with Crippen LogP contribution in [0.25, 0.3) is 10.9 Å². The number of esters is 1. The van der Waals surface area contributed by atoms with Crippen LogP contribution in [0.4, 0.5) is 5.69 Å². The van der Waals surface area contributed by atoms with Crippen molar-refractivity contribution in [1.82, 2.24) is 4.57 Å². The zero-order valence-corrected chi connectivity index (χ0v) is 15.3. The first-order valence-electron chi connectivity index (χ1n) is 8.83. The molecule has 0 bridgehead atoms. The Labute approximate surface area is 162 Å². The average molecular weight is 373 g/mol. The number of ether oxygens (including phenoxy) is 1. The van der Waals surface area contributed by atoms with Crippen molar-refractivity contribution < 1.29 is 13.9 Å². The summed E-state index contributed by atoms with van der Waals surface area (Å²) in [4.78, 5) is 11.6. The van der Waals surface area contributed by atoms with Gasteiger partial charge in [-0.1, -0.05) is 36.4 Å². The third-order valence-corrected chi connectivity index (χ3v) is 4.36. The molecule has 4 aromatic rings. The van der Waals surface area contributed by atoms with Gasteiger partial charge in [-0.05, 0) is 30.3 Å². The monoisotopic (exact) mass is 373 g/mol. The molecule has 0 spiro atoms. The van der Waals surface area contributed by atoms with E-state index >= 15 is 0 Å². The zero-order valence-electron chi connectivity index (χ0n) is 15.3. The Bertz CT molecular complexity index is 1130. The van der Waals surface area contributed by atoms with E-state index in [0.29, 0.717) is 12.3 Å². The van der Waals surface area contributed by atoms with Gasteiger partial charge >= 0.3 is 5.97 Å². The largest absolute Gasteiger partial charge is 0.463 e. The Hall–Kier alpha value is -3.80. The summed E-state index contributed by atoms with van der Waals surface area (Å²) in [6, 6.07) is 21.3. The summed E-state index contributed by atoms with van der Waals surface area (Å²) in [5.74, 6) is 0.387. The molecule has 0 saturated heterocycles. The van der Waals surface area contributed by atoms with Gasteiger partial charge in [0.05, 0.1) is 25.6 Å². The molecule has 2 heterocycles. The molecule has 0 atom stereocenters. The van der Waals surface area contributed by atoms with E-state index in [1.165, 1.54) is 7.11 Å². The summed E-state index contributed by atoms with van der Waals surface area (Å²) in [6.07, 6.45) is 3.81. The molecule has 6 nitrogen and oxygen atoms in total. The van der Waals surface area contributed by atoms with E-state index in [4.69, 9.17) is 9.15 Å². The number of hydrazone groups is 1. The van der Waals surface area contributed by atoms with Crippen molar-refractivity contribution in [2.24, 2.45) is 5.10 Å². The number of fused-ring (bicyclic) bond motifs is 1. The van der Waals surface area contributed by atoms with Gasteiger partial charge in [-0.3, -0.25) is 5.43 Å². The molecule has 0 aliphatic heterocycles. The third-order valence-electron chi connectivity index (χ3n) is 4.36. The highest BCUT2D eigenvalue weighted by Gasteiger charge is 2.13. The molecule has 0 fully saturated rings. The number of benzene rings is 2. The van der Waals surface area contributed by atoms with Gasteiger partial charge in [0, 0.05) is 22.7 Å². The van der Waals surface area contributed by atoms with Gasteiger partial charge in [0.2, 0.25) is 5.76 Å². The van der Waals surface area contributed by atoms with Crippen molar-refractivity contribution in [2.75, 3.05) is 12.5 Å². The fourth-order valence-electron chi connectivity index (χ4n) is 3.04.